The molecule has 0 saturated carbocycles. The Hall–Kier alpha value is -2.15. The fourth-order valence-electron chi connectivity index (χ4n) is 3.05. The summed E-state index contributed by atoms with van der Waals surface area (Å²) in [5.74, 6) is 0.489. The number of aromatic nitrogens is 3. The van der Waals surface area contributed by atoms with Gasteiger partial charge >= 0.3 is 0 Å². The minimum Gasteiger partial charge on any atom is -0.490 e. The van der Waals surface area contributed by atoms with Crippen molar-refractivity contribution in [2.45, 2.75) is 45.1 Å². The maximum Gasteiger partial charge on any atom is 0.214 e. The molecule has 0 bridgehead atoms. The summed E-state index contributed by atoms with van der Waals surface area (Å²) in [5, 5.41) is 5.71. The highest BCUT2D eigenvalue weighted by Crippen LogP contribution is 2.29. The number of ether oxygens (including phenoxy) is 1. The topological polar surface area (TPSA) is 42.7 Å². The highest BCUT2D eigenvalue weighted by Gasteiger charge is 2.25. The molecule has 1 aliphatic rings. The van der Waals surface area contributed by atoms with Crippen LogP contribution in [0.15, 0.2) is 30.5 Å². The zero-order valence-electron chi connectivity index (χ0n) is 15.3. The van der Waals surface area contributed by atoms with Crippen LogP contribution in [0.25, 0.3) is 4.96 Å². The van der Waals surface area contributed by atoms with Crippen molar-refractivity contribution in [2.75, 3.05) is 18.0 Å². The van der Waals surface area contributed by atoms with Gasteiger partial charge in [0.2, 0.25) is 10.1 Å². The van der Waals surface area contributed by atoms with Gasteiger partial charge in [0.05, 0.1) is 11.9 Å². The van der Waals surface area contributed by atoms with Crippen LogP contribution in [-0.4, -0.2) is 33.8 Å². The Morgan fingerprint density at radius 3 is 2.46 bits per heavy atom. The second kappa shape index (κ2) is 6.54. The van der Waals surface area contributed by atoms with Gasteiger partial charge in [-0.25, -0.2) is 13.9 Å². The van der Waals surface area contributed by atoms with Gasteiger partial charge in [0.1, 0.15) is 17.7 Å². The minimum atomic E-state index is -0.240. The molecule has 5 nitrogen and oxygen atoms in total. The van der Waals surface area contributed by atoms with E-state index >= 15 is 0 Å². The number of piperidine rings is 1. The quantitative estimate of drug-likeness (QED) is 0.686. The van der Waals surface area contributed by atoms with Crippen LogP contribution < -0.4 is 9.64 Å². The van der Waals surface area contributed by atoms with Crippen LogP contribution >= 0.6 is 11.3 Å². The zero-order chi connectivity index (χ0) is 18.3. The van der Waals surface area contributed by atoms with Crippen molar-refractivity contribution >= 4 is 21.4 Å². The number of hydrogen-bond acceptors (Lipinski definition) is 5. The first-order valence-corrected chi connectivity index (χ1v) is 9.74. The molecule has 0 N–H and O–H groups in total. The summed E-state index contributed by atoms with van der Waals surface area (Å²) in [6.45, 7) is 8.27. The monoisotopic (exact) mass is 374 g/mol. The number of nitrogens with zero attached hydrogens (tertiary/aromatic N) is 4. The lowest BCUT2D eigenvalue weighted by Crippen LogP contribution is -2.38. The maximum atomic E-state index is 13.0. The van der Waals surface area contributed by atoms with Crippen LogP contribution in [0.3, 0.4) is 0 Å². The number of anilines is 1. The number of rotatable bonds is 3. The summed E-state index contributed by atoms with van der Waals surface area (Å²) in [5.41, 5.74) is 1.10. The Labute approximate surface area is 156 Å². The van der Waals surface area contributed by atoms with E-state index in [1.165, 1.54) is 12.1 Å². The van der Waals surface area contributed by atoms with E-state index in [9.17, 15) is 4.39 Å². The third kappa shape index (κ3) is 3.53. The van der Waals surface area contributed by atoms with Gasteiger partial charge in [-0.1, -0.05) is 32.1 Å². The van der Waals surface area contributed by atoms with Gasteiger partial charge in [-0.05, 0) is 24.3 Å². The van der Waals surface area contributed by atoms with Crippen LogP contribution in [0.1, 0.15) is 39.3 Å². The summed E-state index contributed by atoms with van der Waals surface area (Å²) in [7, 11) is 0. The zero-order valence-corrected chi connectivity index (χ0v) is 16.1. The number of imidazole rings is 1. The summed E-state index contributed by atoms with van der Waals surface area (Å²) >= 11 is 1.63. The number of halogens is 1. The third-order valence-electron chi connectivity index (χ3n) is 4.63. The second-order valence-electron chi connectivity index (χ2n) is 7.75. The first kappa shape index (κ1) is 17.3. The number of hydrogen-bond donors (Lipinski definition) is 0. The van der Waals surface area contributed by atoms with Gasteiger partial charge in [-0.15, -0.1) is 5.10 Å². The predicted octanol–water partition coefficient (Wildman–Crippen LogP) is 4.28. The molecule has 3 aromatic rings. The molecule has 1 aliphatic heterocycles. The fraction of sp³-hybridized carbons (Fsp3) is 0.474. The molecule has 4 rings (SSSR count). The standard InChI is InChI=1S/C19H23FN4OS/c1-19(2,3)16-12-24-17(21-16)26-18(22-24)23-10-8-15(9-11-23)25-14-6-4-13(20)5-7-14/h4-7,12,15H,8-11H2,1-3H3. The lowest BCUT2D eigenvalue weighted by atomic mass is 9.93. The van der Waals surface area contributed by atoms with Gasteiger partial charge < -0.3 is 9.64 Å². The summed E-state index contributed by atoms with van der Waals surface area (Å²) in [4.78, 5) is 7.95. The summed E-state index contributed by atoms with van der Waals surface area (Å²) in [6, 6.07) is 6.23. The third-order valence-corrected chi connectivity index (χ3v) is 5.61. The normalized spacial score (nSPS) is 16.4. The molecule has 0 radical (unpaired) electrons. The van der Waals surface area contributed by atoms with E-state index in [1.54, 1.807) is 23.5 Å². The van der Waals surface area contributed by atoms with E-state index in [4.69, 9.17) is 14.8 Å². The van der Waals surface area contributed by atoms with E-state index in [1.807, 2.05) is 10.7 Å². The van der Waals surface area contributed by atoms with Crippen LogP contribution in [0.5, 0.6) is 5.75 Å². The van der Waals surface area contributed by atoms with Crippen molar-refractivity contribution in [3.63, 3.8) is 0 Å². The summed E-state index contributed by atoms with van der Waals surface area (Å²) in [6.07, 6.45) is 4.03. The average Bonchev–Trinajstić information content (AvgIpc) is 3.16. The molecule has 0 aliphatic carbocycles. The molecule has 0 atom stereocenters. The molecule has 1 saturated heterocycles. The Morgan fingerprint density at radius 2 is 1.85 bits per heavy atom. The Balaban J connectivity index is 1.39. The molecule has 1 aromatic carbocycles. The van der Waals surface area contributed by atoms with Crippen LogP contribution in [0.4, 0.5) is 9.52 Å². The largest absolute Gasteiger partial charge is 0.490 e. The van der Waals surface area contributed by atoms with Crippen LogP contribution in [0.2, 0.25) is 0 Å². The minimum absolute atomic E-state index is 0.0314. The molecule has 0 spiro atoms. The molecule has 3 heterocycles. The van der Waals surface area contributed by atoms with Crippen molar-refractivity contribution in [2.24, 2.45) is 0 Å². The molecule has 0 amide bonds. The van der Waals surface area contributed by atoms with Crippen molar-refractivity contribution in [3.05, 3.63) is 42.0 Å². The maximum absolute atomic E-state index is 13.0. The van der Waals surface area contributed by atoms with E-state index in [0.717, 1.165) is 47.5 Å². The summed E-state index contributed by atoms with van der Waals surface area (Å²) < 4.78 is 20.8. The number of fused-ring (bicyclic) bond motifs is 1. The smallest absolute Gasteiger partial charge is 0.214 e. The average molecular weight is 374 g/mol. The predicted molar refractivity (Wildman–Crippen MR) is 102 cm³/mol. The van der Waals surface area contributed by atoms with Gasteiger partial charge in [0, 0.05) is 31.3 Å². The van der Waals surface area contributed by atoms with Gasteiger partial charge in [0.15, 0.2) is 0 Å². The van der Waals surface area contributed by atoms with Gasteiger partial charge in [0.25, 0.3) is 0 Å². The van der Waals surface area contributed by atoms with Crippen LogP contribution in [0, 0.1) is 5.82 Å². The molecular formula is C19H23FN4OS. The number of benzene rings is 1. The van der Waals surface area contributed by atoms with Crippen molar-refractivity contribution in [1.29, 1.82) is 0 Å². The molecular weight excluding hydrogens is 351 g/mol. The van der Waals surface area contributed by atoms with E-state index in [0.29, 0.717) is 0 Å². The fourth-order valence-corrected chi connectivity index (χ4v) is 3.98. The van der Waals surface area contributed by atoms with Crippen LogP contribution in [-0.2, 0) is 5.41 Å². The van der Waals surface area contributed by atoms with Crippen molar-refractivity contribution in [3.8, 4) is 5.75 Å². The van der Waals surface area contributed by atoms with Crippen molar-refractivity contribution < 1.29 is 9.13 Å². The Bertz CT molecular complexity index is 857. The lowest BCUT2D eigenvalue weighted by molar-refractivity contribution is 0.170. The molecule has 2 aromatic heterocycles. The first-order valence-electron chi connectivity index (χ1n) is 8.92. The highest BCUT2D eigenvalue weighted by molar-refractivity contribution is 7.20. The van der Waals surface area contributed by atoms with Gasteiger partial charge in [-0.2, -0.15) is 0 Å². The first-order chi connectivity index (χ1) is 12.4. The SMILES string of the molecule is CC(C)(C)c1cn2nc(N3CCC(Oc4ccc(F)cc4)CC3)sc2n1. The van der Waals surface area contributed by atoms with Crippen molar-refractivity contribution in [1.82, 2.24) is 14.6 Å². The highest BCUT2D eigenvalue weighted by atomic mass is 32.1. The molecule has 0 unspecified atom stereocenters. The molecule has 1 fully saturated rings. The molecule has 26 heavy (non-hydrogen) atoms. The molecule has 138 valence electrons. The van der Waals surface area contributed by atoms with E-state index in [-0.39, 0.29) is 17.3 Å². The second-order valence-corrected chi connectivity index (χ2v) is 8.68. The lowest BCUT2D eigenvalue weighted by Gasteiger charge is -2.31. The molecule has 7 heteroatoms. The van der Waals surface area contributed by atoms with E-state index in [2.05, 4.69) is 25.7 Å². The van der Waals surface area contributed by atoms with Gasteiger partial charge in [-0.3, -0.25) is 0 Å². The van der Waals surface area contributed by atoms with E-state index < -0.39 is 0 Å². The Kier molecular flexibility index (Phi) is 4.34. The Morgan fingerprint density at radius 1 is 1.15 bits per heavy atom.